The fourth-order valence-electron chi connectivity index (χ4n) is 11.1. The molecule has 1 aliphatic carbocycles. The number of fused-ring (bicyclic) bond motifs is 1. The van der Waals surface area contributed by atoms with Crippen molar-refractivity contribution < 1.29 is 47.0 Å². The Hall–Kier alpha value is -6.49. The second-order valence-electron chi connectivity index (χ2n) is 22.1. The van der Waals surface area contributed by atoms with Gasteiger partial charge in [0.2, 0.25) is 23.6 Å². The minimum absolute atomic E-state index is 0.00630. The number of aromatic nitrogens is 4. The van der Waals surface area contributed by atoms with Gasteiger partial charge in [0.15, 0.2) is 0 Å². The minimum Gasteiger partial charge on any atom is -0.494 e. The topological polar surface area (TPSA) is 207 Å². The Kier molecular flexibility index (Phi) is 15.6. The molecule has 0 bridgehead atoms. The summed E-state index contributed by atoms with van der Waals surface area (Å²) in [6.07, 6.45) is -1.74. The predicted molar refractivity (Wildman–Crippen MR) is 279 cm³/mol. The lowest BCUT2D eigenvalue weighted by Crippen LogP contribution is -2.65. The zero-order chi connectivity index (χ0) is 54.3. The minimum atomic E-state index is -4.69. The maximum atomic E-state index is 14.3. The molecule has 9 rings (SSSR count). The first-order valence-electron chi connectivity index (χ1n) is 25.8. The van der Waals surface area contributed by atoms with Crippen LogP contribution in [0.25, 0.3) is 21.3 Å². The van der Waals surface area contributed by atoms with Gasteiger partial charge in [0.1, 0.15) is 29.2 Å². The Morgan fingerprint density at radius 1 is 0.947 bits per heavy atom. The van der Waals surface area contributed by atoms with Gasteiger partial charge in [-0.3, -0.25) is 38.5 Å². The van der Waals surface area contributed by atoms with Gasteiger partial charge in [-0.05, 0) is 67.3 Å². The van der Waals surface area contributed by atoms with Crippen molar-refractivity contribution >= 4 is 57.5 Å². The molecule has 406 valence electrons. The summed E-state index contributed by atoms with van der Waals surface area (Å²) in [5, 5.41) is 24.8. The third-order valence-electron chi connectivity index (χ3n) is 15.2. The van der Waals surface area contributed by atoms with Gasteiger partial charge in [0.25, 0.3) is 5.91 Å². The average molecular weight is 1070 g/mol. The Morgan fingerprint density at radius 3 is 2.32 bits per heavy atom. The number of aryl methyl sites for hydroxylation is 1. The SMILES string of the molecule is COc1cc2nn(CCN3CCN(CC(=O)N4CC5(CC(CC(=O)N[C@H](C(=O)N6C[C@H](O)C[C@H]6C(=O)N[C@@H](C)c6ccc(-c7scnc7C)cc6)C(C)(C)C)C5)C4)CC3)cc2cc1NC(=O)c1cccc(C(F)(F)F)n1. The summed E-state index contributed by atoms with van der Waals surface area (Å²) in [4.78, 5) is 84.6. The van der Waals surface area contributed by atoms with E-state index in [1.54, 1.807) is 28.2 Å². The summed E-state index contributed by atoms with van der Waals surface area (Å²) in [7, 11) is 1.42. The number of methoxy groups -OCH3 is 1. The van der Waals surface area contributed by atoms with Gasteiger partial charge >= 0.3 is 6.18 Å². The van der Waals surface area contributed by atoms with Crippen LogP contribution in [0.2, 0.25) is 0 Å². The van der Waals surface area contributed by atoms with Crippen LogP contribution in [-0.2, 0) is 31.9 Å². The highest BCUT2D eigenvalue weighted by Gasteiger charge is 2.54. The number of ether oxygens (including phenoxy) is 1. The Balaban J connectivity index is 0.687. The van der Waals surface area contributed by atoms with Crippen molar-refractivity contribution in [2.45, 2.75) is 97.3 Å². The average Bonchev–Trinajstić information content (AvgIpc) is 4.14. The van der Waals surface area contributed by atoms with E-state index in [0.717, 1.165) is 72.9 Å². The highest BCUT2D eigenvalue weighted by atomic mass is 32.1. The van der Waals surface area contributed by atoms with Gasteiger partial charge < -0.3 is 35.6 Å². The van der Waals surface area contributed by atoms with Crippen LogP contribution in [0.1, 0.15) is 86.9 Å². The largest absolute Gasteiger partial charge is 0.494 e. The molecule has 0 radical (unpaired) electrons. The number of alkyl halides is 3. The van der Waals surface area contributed by atoms with E-state index in [4.69, 9.17) is 4.74 Å². The molecule has 76 heavy (non-hydrogen) atoms. The number of hydrogen-bond donors (Lipinski definition) is 4. The highest BCUT2D eigenvalue weighted by Crippen LogP contribution is 2.53. The maximum absolute atomic E-state index is 14.3. The Labute approximate surface area is 443 Å². The number of halogens is 3. The van der Waals surface area contributed by atoms with Crippen LogP contribution in [-0.4, -0.2) is 158 Å². The maximum Gasteiger partial charge on any atom is 0.433 e. The van der Waals surface area contributed by atoms with E-state index in [9.17, 15) is 42.3 Å². The summed E-state index contributed by atoms with van der Waals surface area (Å²) >= 11 is 1.57. The first-order valence-corrected chi connectivity index (χ1v) is 26.6. The highest BCUT2D eigenvalue weighted by molar-refractivity contribution is 7.13. The van der Waals surface area contributed by atoms with Crippen molar-refractivity contribution in [2.75, 3.05) is 71.3 Å². The monoisotopic (exact) mass is 1070 g/mol. The van der Waals surface area contributed by atoms with E-state index in [0.29, 0.717) is 49.4 Å². The molecule has 4 atom stereocenters. The van der Waals surface area contributed by atoms with Crippen LogP contribution in [0.3, 0.4) is 0 Å². The molecule has 22 heteroatoms. The van der Waals surface area contributed by atoms with E-state index in [2.05, 4.69) is 40.8 Å². The van der Waals surface area contributed by atoms with Crippen molar-refractivity contribution in [1.29, 1.82) is 0 Å². The number of aliphatic hydroxyl groups is 1. The lowest BCUT2D eigenvalue weighted by atomic mass is 9.57. The van der Waals surface area contributed by atoms with Crippen LogP contribution in [0.15, 0.2) is 66.3 Å². The van der Waals surface area contributed by atoms with E-state index < -0.39 is 47.3 Å². The smallest absolute Gasteiger partial charge is 0.433 e. The molecule has 4 N–H and O–H groups in total. The molecule has 1 saturated carbocycles. The number of β-amino-alcohol motifs (C(OH)–C–C–N with tert-alkyl or cyclic N) is 1. The number of likely N-dealkylation sites (tertiary alicyclic amines) is 2. The third-order valence-corrected chi connectivity index (χ3v) is 16.2. The molecule has 3 saturated heterocycles. The number of benzene rings is 2. The molecule has 5 aromatic rings. The quantitative estimate of drug-likeness (QED) is 0.0931. The van der Waals surface area contributed by atoms with Gasteiger partial charge in [0.05, 0.1) is 59.6 Å². The summed E-state index contributed by atoms with van der Waals surface area (Å²) in [5.41, 5.74) is 3.38. The van der Waals surface area contributed by atoms with Gasteiger partial charge in [0, 0.05) is 88.3 Å². The number of hydrogen-bond acceptors (Lipinski definition) is 13. The molecular formula is C54H66F3N11O7S. The Morgan fingerprint density at radius 2 is 1.66 bits per heavy atom. The molecule has 4 fully saturated rings. The Bertz CT molecular complexity index is 2960. The van der Waals surface area contributed by atoms with Crippen LogP contribution in [0.5, 0.6) is 5.75 Å². The summed E-state index contributed by atoms with van der Waals surface area (Å²) in [5.74, 6) is -1.29. The molecule has 3 aliphatic heterocycles. The number of rotatable bonds is 16. The van der Waals surface area contributed by atoms with E-state index in [1.807, 2.05) is 75.5 Å². The van der Waals surface area contributed by atoms with Crippen molar-refractivity contribution in [1.82, 2.24) is 50.0 Å². The number of pyridine rings is 1. The number of carbonyl (C=O) groups is 5. The number of carbonyl (C=O) groups excluding carboxylic acids is 5. The molecule has 1 spiro atoms. The number of nitrogens with zero attached hydrogens (tertiary/aromatic N) is 8. The molecule has 3 aromatic heterocycles. The van der Waals surface area contributed by atoms with Crippen molar-refractivity contribution in [3.8, 4) is 16.2 Å². The van der Waals surface area contributed by atoms with Gasteiger partial charge in [-0.15, -0.1) is 11.3 Å². The first kappa shape index (κ1) is 54.3. The lowest BCUT2D eigenvalue weighted by Gasteiger charge is -2.59. The zero-order valence-corrected chi connectivity index (χ0v) is 44.5. The molecule has 5 amide bonds. The summed E-state index contributed by atoms with van der Waals surface area (Å²) < 4.78 is 46.9. The number of aliphatic hydroxyl groups excluding tert-OH is 1. The van der Waals surface area contributed by atoms with Crippen LogP contribution < -0.4 is 20.7 Å². The molecule has 18 nitrogen and oxygen atoms in total. The lowest BCUT2D eigenvalue weighted by molar-refractivity contribution is -0.158. The fourth-order valence-corrected chi connectivity index (χ4v) is 11.9. The normalized spacial score (nSPS) is 20.0. The first-order chi connectivity index (χ1) is 36.0. The van der Waals surface area contributed by atoms with E-state index in [1.165, 1.54) is 18.1 Å². The second kappa shape index (κ2) is 21.9. The standard InChI is InChI=1S/C54H66F3N11O7S/c1-32(35-10-12-36(13-11-35)47-33(2)58-31-76-47)59-50(73)42-22-38(69)27-68(42)51(74)48(52(3,4)5)62-45(70)20-34-24-53(25-34)29-66(30-53)46(71)28-65-16-14-64(15-17-65)18-19-67-26-37-21-41(43(75-6)23-40(37)63-67)61-49(72)39-8-7-9-44(60-39)54(55,56)57/h7-13,21,23,26,31-32,34,38,42,48,69H,14-20,22,24-25,27-30H2,1-6H3,(H,59,73)(H,61,72)(H,62,70)/t32-,38+,42-,48+/m0/s1. The third kappa shape index (κ3) is 12.2. The number of anilines is 1. The number of piperazine rings is 1. The van der Waals surface area contributed by atoms with Crippen LogP contribution in [0, 0.1) is 23.7 Å². The van der Waals surface area contributed by atoms with E-state index in [-0.39, 0.29) is 65.9 Å². The van der Waals surface area contributed by atoms with Crippen LogP contribution >= 0.6 is 11.3 Å². The molecule has 2 aromatic carbocycles. The molecule has 4 aliphatic rings. The van der Waals surface area contributed by atoms with Gasteiger partial charge in [-0.25, -0.2) is 9.97 Å². The molecule has 0 unspecified atom stereocenters. The zero-order valence-electron chi connectivity index (χ0n) is 43.7. The van der Waals surface area contributed by atoms with Gasteiger partial charge in [-0.1, -0.05) is 51.1 Å². The second-order valence-corrected chi connectivity index (χ2v) is 22.9. The predicted octanol–water partition coefficient (Wildman–Crippen LogP) is 5.76. The van der Waals surface area contributed by atoms with Crippen molar-refractivity contribution in [3.63, 3.8) is 0 Å². The fraction of sp³-hybridized carbons (Fsp3) is 0.519. The van der Waals surface area contributed by atoms with Crippen LogP contribution in [0.4, 0.5) is 18.9 Å². The number of nitrogens with one attached hydrogen (secondary N) is 3. The molecule has 6 heterocycles. The molecular weight excluding hydrogens is 1000 g/mol. The summed E-state index contributed by atoms with van der Waals surface area (Å²) in [6, 6.07) is 12.2. The van der Waals surface area contributed by atoms with Gasteiger partial charge in [-0.2, -0.15) is 18.3 Å². The van der Waals surface area contributed by atoms with Crippen molar-refractivity contribution in [3.05, 3.63) is 88.9 Å². The number of thiazole rings is 1. The van der Waals surface area contributed by atoms with E-state index >= 15 is 0 Å². The van der Waals surface area contributed by atoms with Crippen molar-refractivity contribution in [2.24, 2.45) is 16.7 Å². The summed E-state index contributed by atoms with van der Waals surface area (Å²) in [6.45, 7) is 15.4. The number of amides is 5.